The number of aromatic nitrogens is 3. The number of rotatable bonds is 9. The van der Waals surface area contributed by atoms with E-state index in [2.05, 4.69) is 15.4 Å². The van der Waals surface area contributed by atoms with Crippen molar-refractivity contribution < 1.29 is 14.3 Å². The second-order valence-electron chi connectivity index (χ2n) is 6.32. The summed E-state index contributed by atoms with van der Waals surface area (Å²) in [6.07, 6.45) is 3.64. The number of hydrogen-bond donors (Lipinski definition) is 1. The van der Waals surface area contributed by atoms with Crippen molar-refractivity contribution in [1.82, 2.24) is 20.1 Å². The van der Waals surface area contributed by atoms with Crippen LogP contribution in [0.3, 0.4) is 0 Å². The number of pyridine rings is 1. The van der Waals surface area contributed by atoms with E-state index >= 15 is 0 Å². The summed E-state index contributed by atoms with van der Waals surface area (Å²) >= 11 is 5.87. The summed E-state index contributed by atoms with van der Waals surface area (Å²) in [4.78, 5) is 16.1. The molecule has 2 heterocycles. The van der Waals surface area contributed by atoms with Crippen LogP contribution in [0.2, 0.25) is 5.15 Å². The van der Waals surface area contributed by atoms with Gasteiger partial charge in [-0.15, -0.1) is 0 Å². The van der Waals surface area contributed by atoms with Crippen LogP contribution in [0.5, 0.6) is 5.75 Å². The van der Waals surface area contributed by atoms with Gasteiger partial charge in [-0.3, -0.25) is 4.79 Å². The van der Waals surface area contributed by atoms with Gasteiger partial charge >= 0.3 is 5.97 Å². The molecule has 1 aromatic carbocycles. The van der Waals surface area contributed by atoms with Gasteiger partial charge in [-0.25, -0.2) is 9.67 Å². The molecule has 0 saturated carbocycles. The van der Waals surface area contributed by atoms with Crippen molar-refractivity contribution in [3.05, 3.63) is 70.8 Å². The van der Waals surface area contributed by atoms with E-state index in [9.17, 15) is 4.79 Å². The van der Waals surface area contributed by atoms with Crippen molar-refractivity contribution in [3.8, 4) is 11.4 Å². The van der Waals surface area contributed by atoms with E-state index in [1.165, 1.54) is 0 Å². The number of hydrogen-bond acceptors (Lipinski definition) is 6. The van der Waals surface area contributed by atoms with Crippen LogP contribution in [0.15, 0.2) is 48.8 Å². The predicted octanol–water partition coefficient (Wildman–Crippen LogP) is 3.32. The molecule has 3 aromatic rings. The van der Waals surface area contributed by atoms with Gasteiger partial charge in [0.1, 0.15) is 10.9 Å². The predicted molar refractivity (Wildman–Crippen MR) is 110 cm³/mol. The van der Waals surface area contributed by atoms with E-state index in [0.717, 1.165) is 22.6 Å². The van der Waals surface area contributed by atoms with Gasteiger partial charge in [0, 0.05) is 24.8 Å². The van der Waals surface area contributed by atoms with E-state index in [-0.39, 0.29) is 12.4 Å². The average Bonchev–Trinajstić information content (AvgIpc) is 3.11. The molecule has 2 aromatic heterocycles. The van der Waals surface area contributed by atoms with E-state index in [0.29, 0.717) is 30.5 Å². The van der Waals surface area contributed by atoms with Crippen LogP contribution in [0.1, 0.15) is 23.7 Å². The van der Waals surface area contributed by atoms with Crippen LogP contribution in [0.4, 0.5) is 0 Å². The normalized spacial score (nSPS) is 10.7. The highest BCUT2D eigenvalue weighted by molar-refractivity contribution is 6.29. The maximum Gasteiger partial charge on any atom is 0.311 e. The third-order valence-corrected chi connectivity index (χ3v) is 4.50. The maximum absolute atomic E-state index is 12.0. The number of carbonyl (C=O) groups is 1. The van der Waals surface area contributed by atoms with Crippen molar-refractivity contribution in [2.45, 2.75) is 26.4 Å². The first-order valence-corrected chi connectivity index (χ1v) is 9.65. The Bertz CT molecular complexity index is 940. The number of esters is 1. The molecule has 152 valence electrons. The molecular formula is C21H23ClN4O3. The first-order valence-electron chi connectivity index (χ1n) is 9.27. The number of methoxy groups -OCH3 is 1. The molecule has 0 aliphatic rings. The molecule has 0 radical (unpaired) electrons. The Morgan fingerprint density at radius 2 is 1.97 bits per heavy atom. The Kier molecular flexibility index (Phi) is 7.21. The van der Waals surface area contributed by atoms with E-state index < -0.39 is 0 Å². The van der Waals surface area contributed by atoms with Crippen LogP contribution in [-0.4, -0.2) is 34.5 Å². The minimum atomic E-state index is -0.302. The number of halogens is 1. The molecule has 0 saturated heterocycles. The second kappa shape index (κ2) is 10.0. The minimum Gasteiger partial charge on any atom is -0.497 e. The summed E-state index contributed by atoms with van der Waals surface area (Å²) in [5, 5.41) is 8.36. The Morgan fingerprint density at radius 3 is 2.62 bits per heavy atom. The van der Waals surface area contributed by atoms with Gasteiger partial charge < -0.3 is 14.8 Å². The van der Waals surface area contributed by atoms with Crippen molar-refractivity contribution in [2.75, 3.05) is 13.7 Å². The Morgan fingerprint density at radius 1 is 1.17 bits per heavy atom. The standard InChI is InChI=1S/C21H23ClN4O3/c1-3-29-21(27)10-19-16(12-23-11-15-4-7-18(28-2)8-5-15)14-26(25-19)17-6-9-20(22)24-13-17/h4-9,13-14,23H,3,10-12H2,1-2H3. The number of ether oxygens (including phenoxy) is 2. The Labute approximate surface area is 174 Å². The lowest BCUT2D eigenvalue weighted by Gasteiger charge is -2.06. The van der Waals surface area contributed by atoms with Crippen molar-refractivity contribution in [3.63, 3.8) is 0 Å². The zero-order chi connectivity index (χ0) is 20.6. The molecule has 0 aliphatic carbocycles. The molecule has 0 bridgehead atoms. The molecule has 3 rings (SSSR count). The molecule has 0 unspecified atom stereocenters. The third kappa shape index (κ3) is 5.79. The first kappa shape index (κ1) is 20.8. The molecule has 0 atom stereocenters. The third-order valence-electron chi connectivity index (χ3n) is 4.27. The van der Waals surface area contributed by atoms with Crippen LogP contribution in [0, 0.1) is 0 Å². The van der Waals surface area contributed by atoms with Gasteiger partial charge in [0.2, 0.25) is 0 Å². The first-order chi connectivity index (χ1) is 14.1. The molecular weight excluding hydrogens is 392 g/mol. The molecule has 0 fully saturated rings. The SMILES string of the molecule is CCOC(=O)Cc1nn(-c2ccc(Cl)nc2)cc1CNCc1ccc(OC)cc1. The topological polar surface area (TPSA) is 78.3 Å². The number of nitrogens with zero attached hydrogens (tertiary/aromatic N) is 3. The summed E-state index contributed by atoms with van der Waals surface area (Å²) in [6.45, 7) is 3.36. The highest BCUT2D eigenvalue weighted by atomic mass is 35.5. The molecule has 7 nitrogen and oxygen atoms in total. The van der Waals surface area contributed by atoms with Crippen LogP contribution in [-0.2, 0) is 29.0 Å². The lowest BCUT2D eigenvalue weighted by molar-refractivity contribution is -0.142. The smallest absolute Gasteiger partial charge is 0.311 e. The molecule has 1 N–H and O–H groups in total. The highest BCUT2D eigenvalue weighted by Gasteiger charge is 2.15. The van der Waals surface area contributed by atoms with E-state index in [1.54, 1.807) is 31.0 Å². The van der Waals surface area contributed by atoms with E-state index in [4.69, 9.17) is 21.1 Å². The van der Waals surface area contributed by atoms with Gasteiger partial charge in [-0.2, -0.15) is 5.10 Å². The fourth-order valence-electron chi connectivity index (χ4n) is 2.81. The van der Waals surface area contributed by atoms with Crippen LogP contribution < -0.4 is 10.1 Å². The fourth-order valence-corrected chi connectivity index (χ4v) is 2.92. The largest absolute Gasteiger partial charge is 0.497 e. The summed E-state index contributed by atoms with van der Waals surface area (Å²) in [5.74, 6) is 0.520. The summed E-state index contributed by atoms with van der Waals surface area (Å²) < 4.78 is 12.0. The van der Waals surface area contributed by atoms with E-state index in [1.807, 2.05) is 36.5 Å². The van der Waals surface area contributed by atoms with Gasteiger partial charge in [0.05, 0.1) is 37.7 Å². The van der Waals surface area contributed by atoms with Gasteiger partial charge in [-0.1, -0.05) is 23.7 Å². The lowest BCUT2D eigenvalue weighted by Crippen LogP contribution is -2.15. The fraction of sp³-hybridized carbons (Fsp3) is 0.286. The molecule has 0 amide bonds. The Hall–Kier alpha value is -2.90. The van der Waals surface area contributed by atoms with Crippen LogP contribution in [0.25, 0.3) is 5.69 Å². The Balaban J connectivity index is 1.73. The summed E-state index contributed by atoms with van der Waals surface area (Å²) in [6, 6.07) is 11.4. The highest BCUT2D eigenvalue weighted by Crippen LogP contribution is 2.16. The average molecular weight is 415 g/mol. The molecule has 29 heavy (non-hydrogen) atoms. The molecule has 0 spiro atoms. The number of carbonyl (C=O) groups excluding carboxylic acids is 1. The molecule has 8 heteroatoms. The van der Waals surface area contributed by atoms with Crippen LogP contribution >= 0.6 is 11.6 Å². The van der Waals surface area contributed by atoms with Gasteiger partial charge in [0.15, 0.2) is 0 Å². The van der Waals surface area contributed by atoms with Crippen molar-refractivity contribution in [1.29, 1.82) is 0 Å². The monoisotopic (exact) mass is 414 g/mol. The maximum atomic E-state index is 12.0. The zero-order valence-electron chi connectivity index (χ0n) is 16.4. The second-order valence-corrected chi connectivity index (χ2v) is 6.71. The summed E-state index contributed by atoms with van der Waals surface area (Å²) in [5.41, 5.74) is 3.48. The van der Waals surface area contributed by atoms with Gasteiger partial charge in [0.25, 0.3) is 0 Å². The summed E-state index contributed by atoms with van der Waals surface area (Å²) in [7, 11) is 1.65. The lowest BCUT2D eigenvalue weighted by atomic mass is 10.2. The zero-order valence-corrected chi connectivity index (χ0v) is 17.1. The van der Waals surface area contributed by atoms with Gasteiger partial charge in [-0.05, 0) is 36.8 Å². The number of nitrogens with one attached hydrogen (secondary N) is 1. The van der Waals surface area contributed by atoms with Crippen molar-refractivity contribution in [2.24, 2.45) is 0 Å². The molecule has 0 aliphatic heterocycles. The quantitative estimate of drug-likeness (QED) is 0.427. The minimum absolute atomic E-state index is 0.113. The van der Waals surface area contributed by atoms with Crippen molar-refractivity contribution >= 4 is 17.6 Å². The number of benzene rings is 1.